The number of halogens is 1. The third-order valence-electron chi connectivity index (χ3n) is 3.16. The number of aliphatic imine (C=N–C) groups is 1. The smallest absolute Gasteiger partial charge is 0.191 e. The van der Waals surface area contributed by atoms with Crippen LogP contribution in [-0.4, -0.2) is 23.9 Å². The summed E-state index contributed by atoms with van der Waals surface area (Å²) in [6.45, 7) is 5.57. The molecule has 0 spiro atoms. The van der Waals surface area contributed by atoms with Crippen molar-refractivity contribution < 1.29 is 4.39 Å². The summed E-state index contributed by atoms with van der Waals surface area (Å²) in [6, 6.07) is 4.98. The molecule has 0 aromatic heterocycles. The minimum atomic E-state index is -0.201. The van der Waals surface area contributed by atoms with Crippen LogP contribution in [0.5, 0.6) is 0 Å². The fraction of sp³-hybridized carbons (Fsp3) is 0.462. The number of hydrogen-bond acceptors (Lipinski definition) is 3. The molecule has 1 aromatic carbocycles. The number of guanidine groups is 1. The average Bonchev–Trinajstić information content (AvgIpc) is 2.65. The molecule has 2 rings (SSSR count). The molecule has 3 nitrogen and oxygen atoms in total. The van der Waals surface area contributed by atoms with Crippen molar-refractivity contribution in [2.75, 3.05) is 13.1 Å². The van der Waals surface area contributed by atoms with Crippen LogP contribution in [0.15, 0.2) is 23.2 Å². The van der Waals surface area contributed by atoms with E-state index >= 15 is 0 Å². The van der Waals surface area contributed by atoms with Crippen LogP contribution in [0.4, 0.5) is 4.39 Å². The standard InChI is InChI=1S/C13H18FN3/c1-3-6-17-12(8-16-13(17)15)11-7-10(14)5-4-9(11)2/h4-5,7,12H,3,6,8H2,1-2H3,(H2,15,16). The molecule has 0 amide bonds. The average molecular weight is 235 g/mol. The molecule has 2 N–H and O–H groups in total. The maximum absolute atomic E-state index is 13.3. The summed E-state index contributed by atoms with van der Waals surface area (Å²) in [4.78, 5) is 6.32. The fourth-order valence-corrected chi connectivity index (χ4v) is 2.28. The second-order valence-electron chi connectivity index (χ2n) is 4.41. The Morgan fingerprint density at radius 1 is 1.53 bits per heavy atom. The number of rotatable bonds is 3. The van der Waals surface area contributed by atoms with Crippen LogP contribution in [0.25, 0.3) is 0 Å². The van der Waals surface area contributed by atoms with E-state index in [0.29, 0.717) is 12.5 Å². The zero-order valence-electron chi connectivity index (χ0n) is 10.3. The lowest BCUT2D eigenvalue weighted by Crippen LogP contribution is -2.36. The van der Waals surface area contributed by atoms with Crippen molar-refractivity contribution in [1.29, 1.82) is 0 Å². The molecule has 0 bridgehead atoms. The predicted molar refractivity (Wildman–Crippen MR) is 67.4 cm³/mol. The Bertz CT molecular complexity index is 442. The van der Waals surface area contributed by atoms with Gasteiger partial charge in [-0.25, -0.2) is 4.39 Å². The second kappa shape index (κ2) is 4.73. The molecule has 1 atom stereocenters. The zero-order chi connectivity index (χ0) is 12.4. The molecule has 92 valence electrons. The van der Waals surface area contributed by atoms with Gasteiger partial charge in [0.1, 0.15) is 5.82 Å². The lowest BCUT2D eigenvalue weighted by Gasteiger charge is -2.27. The first-order valence-corrected chi connectivity index (χ1v) is 5.96. The van der Waals surface area contributed by atoms with E-state index < -0.39 is 0 Å². The zero-order valence-corrected chi connectivity index (χ0v) is 10.3. The molecule has 1 heterocycles. The lowest BCUT2D eigenvalue weighted by atomic mass is 10.0. The van der Waals surface area contributed by atoms with Gasteiger partial charge in [-0.15, -0.1) is 0 Å². The van der Waals surface area contributed by atoms with Crippen LogP contribution >= 0.6 is 0 Å². The maximum atomic E-state index is 13.3. The van der Waals surface area contributed by atoms with E-state index in [1.807, 2.05) is 13.0 Å². The van der Waals surface area contributed by atoms with Gasteiger partial charge in [0, 0.05) is 6.54 Å². The van der Waals surface area contributed by atoms with Gasteiger partial charge in [-0.2, -0.15) is 0 Å². The summed E-state index contributed by atoms with van der Waals surface area (Å²) < 4.78 is 13.3. The van der Waals surface area contributed by atoms with Crippen LogP contribution in [-0.2, 0) is 0 Å². The second-order valence-corrected chi connectivity index (χ2v) is 4.41. The highest BCUT2D eigenvalue weighted by molar-refractivity contribution is 5.80. The van der Waals surface area contributed by atoms with Gasteiger partial charge in [-0.3, -0.25) is 4.99 Å². The minimum absolute atomic E-state index is 0.0886. The van der Waals surface area contributed by atoms with Crippen LogP contribution < -0.4 is 5.73 Å². The van der Waals surface area contributed by atoms with Crippen molar-refractivity contribution in [2.45, 2.75) is 26.3 Å². The Morgan fingerprint density at radius 2 is 2.29 bits per heavy atom. The van der Waals surface area contributed by atoms with Crippen LogP contribution in [0.2, 0.25) is 0 Å². The van der Waals surface area contributed by atoms with Gasteiger partial charge in [0.05, 0.1) is 12.6 Å². The maximum Gasteiger partial charge on any atom is 0.191 e. The first-order valence-electron chi connectivity index (χ1n) is 5.96. The van der Waals surface area contributed by atoms with Crippen molar-refractivity contribution in [3.05, 3.63) is 35.1 Å². The molecule has 0 radical (unpaired) electrons. The number of nitrogens with two attached hydrogens (primary N) is 1. The molecule has 0 saturated carbocycles. The highest BCUT2D eigenvalue weighted by atomic mass is 19.1. The van der Waals surface area contributed by atoms with Crippen LogP contribution in [0, 0.1) is 12.7 Å². The van der Waals surface area contributed by atoms with E-state index in [2.05, 4.69) is 16.8 Å². The number of aryl methyl sites for hydroxylation is 1. The van der Waals surface area contributed by atoms with Gasteiger partial charge in [0.25, 0.3) is 0 Å². The van der Waals surface area contributed by atoms with E-state index in [-0.39, 0.29) is 11.9 Å². The summed E-state index contributed by atoms with van der Waals surface area (Å²) in [5.74, 6) is 0.369. The van der Waals surface area contributed by atoms with Crippen molar-refractivity contribution >= 4 is 5.96 Å². The van der Waals surface area contributed by atoms with Crippen molar-refractivity contribution in [3.63, 3.8) is 0 Å². The number of benzene rings is 1. The van der Waals surface area contributed by atoms with Crippen molar-refractivity contribution in [3.8, 4) is 0 Å². The molecule has 1 aliphatic heterocycles. The largest absolute Gasteiger partial charge is 0.370 e. The van der Waals surface area contributed by atoms with E-state index in [0.717, 1.165) is 24.1 Å². The van der Waals surface area contributed by atoms with Crippen LogP contribution in [0.1, 0.15) is 30.5 Å². The number of hydrogen-bond donors (Lipinski definition) is 1. The Balaban J connectivity index is 2.30. The van der Waals surface area contributed by atoms with E-state index in [9.17, 15) is 4.39 Å². The summed E-state index contributed by atoms with van der Waals surface area (Å²) in [6.07, 6.45) is 1.00. The minimum Gasteiger partial charge on any atom is -0.370 e. The summed E-state index contributed by atoms with van der Waals surface area (Å²) in [7, 11) is 0. The normalized spacial score (nSPS) is 19.6. The molecule has 1 unspecified atom stereocenters. The van der Waals surface area contributed by atoms with Crippen molar-refractivity contribution in [2.24, 2.45) is 10.7 Å². The number of nitrogens with zero attached hydrogens (tertiary/aromatic N) is 2. The Morgan fingerprint density at radius 3 is 3.00 bits per heavy atom. The molecule has 0 fully saturated rings. The quantitative estimate of drug-likeness (QED) is 0.872. The van der Waals surface area contributed by atoms with Gasteiger partial charge in [0.15, 0.2) is 5.96 Å². The Hall–Kier alpha value is -1.58. The molecule has 17 heavy (non-hydrogen) atoms. The highest BCUT2D eigenvalue weighted by Gasteiger charge is 2.27. The lowest BCUT2D eigenvalue weighted by molar-refractivity contribution is 0.345. The van der Waals surface area contributed by atoms with Gasteiger partial charge < -0.3 is 10.6 Å². The third-order valence-corrected chi connectivity index (χ3v) is 3.16. The van der Waals surface area contributed by atoms with Crippen molar-refractivity contribution in [1.82, 2.24) is 4.90 Å². The Labute approximate surface area is 101 Å². The monoisotopic (exact) mass is 235 g/mol. The van der Waals surface area contributed by atoms with E-state index in [1.54, 1.807) is 6.07 Å². The molecule has 1 aromatic rings. The summed E-state index contributed by atoms with van der Waals surface area (Å²) in [5, 5.41) is 0. The summed E-state index contributed by atoms with van der Waals surface area (Å²) in [5.41, 5.74) is 7.94. The predicted octanol–water partition coefficient (Wildman–Crippen LogP) is 2.22. The SMILES string of the molecule is CCCN1C(N)=NCC1c1cc(F)ccc1C. The van der Waals surface area contributed by atoms with E-state index in [4.69, 9.17) is 5.73 Å². The van der Waals surface area contributed by atoms with Gasteiger partial charge in [0.2, 0.25) is 0 Å². The first-order chi connectivity index (χ1) is 8.13. The summed E-state index contributed by atoms with van der Waals surface area (Å²) >= 11 is 0. The van der Waals surface area contributed by atoms with Crippen LogP contribution in [0.3, 0.4) is 0 Å². The van der Waals surface area contributed by atoms with Gasteiger partial charge in [-0.05, 0) is 36.6 Å². The third kappa shape index (κ3) is 2.25. The van der Waals surface area contributed by atoms with E-state index in [1.165, 1.54) is 6.07 Å². The molecular formula is C13H18FN3. The fourth-order valence-electron chi connectivity index (χ4n) is 2.28. The molecule has 0 saturated heterocycles. The highest BCUT2D eigenvalue weighted by Crippen LogP contribution is 2.28. The van der Waals surface area contributed by atoms with Gasteiger partial charge in [-0.1, -0.05) is 13.0 Å². The first kappa shape index (κ1) is 11.9. The Kier molecular flexibility index (Phi) is 3.31. The molecular weight excluding hydrogens is 217 g/mol. The molecule has 0 aliphatic carbocycles. The molecule has 4 heteroatoms. The molecule has 1 aliphatic rings. The van der Waals surface area contributed by atoms with Gasteiger partial charge >= 0.3 is 0 Å². The topological polar surface area (TPSA) is 41.6 Å².